The zero-order valence-electron chi connectivity index (χ0n) is 12.9. The average Bonchev–Trinajstić information content (AvgIpc) is 3.10. The molecule has 122 valence electrons. The van der Waals surface area contributed by atoms with Crippen LogP contribution in [0.5, 0.6) is 0 Å². The zero-order chi connectivity index (χ0) is 16.7. The Hall–Kier alpha value is -2.60. The predicted octanol–water partition coefficient (Wildman–Crippen LogP) is 1.64. The van der Waals surface area contributed by atoms with E-state index in [-0.39, 0.29) is 11.8 Å². The number of benzene rings is 1. The lowest BCUT2D eigenvalue weighted by Gasteiger charge is -2.15. The third-order valence-corrected chi connectivity index (χ3v) is 3.43. The second kappa shape index (κ2) is 8.14. The Kier molecular flexibility index (Phi) is 5.94. The van der Waals surface area contributed by atoms with Gasteiger partial charge >= 0.3 is 0 Å². The smallest absolute Gasteiger partial charge is 0.255 e. The lowest BCUT2D eigenvalue weighted by molar-refractivity contribution is -0.122. The van der Waals surface area contributed by atoms with E-state index in [2.05, 4.69) is 10.6 Å². The number of amides is 2. The summed E-state index contributed by atoms with van der Waals surface area (Å²) in [7, 11) is 0. The molecule has 1 aromatic carbocycles. The molecular formula is C17H20N2O4. The van der Waals surface area contributed by atoms with E-state index in [0.717, 1.165) is 5.56 Å². The van der Waals surface area contributed by atoms with E-state index in [0.29, 0.717) is 18.5 Å². The van der Waals surface area contributed by atoms with Gasteiger partial charge in [0.1, 0.15) is 12.3 Å². The first-order chi connectivity index (χ1) is 11.1. The highest BCUT2D eigenvalue weighted by Gasteiger charge is 2.17. The minimum Gasteiger partial charge on any atom is -0.472 e. The maximum absolute atomic E-state index is 11.9. The van der Waals surface area contributed by atoms with E-state index in [9.17, 15) is 14.7 Å². The summed E-state index contributed by atoms with van der Waals surface area (Å²) < 4.78 is 4.82. The summed E-state index contributed by atoms with van der Waals surface area (Å²) in [4.78, 5) is 23.7. The molecule has 3 N–H and O–H groups in total. The molecule has 2 amide bonds. The molecule has 23 heavy (non-hydrogen) atoms. The molecule has 6 heteroatoms. The summed E-state index contributed by atoms with van der Waals surface area (Å²) in [6.45, 7) is 1.92. The quantitative estimate of drug-likeness (QED) is 0.724. The van der Waals surface area contributed by atoms with Crippen molar-refractivity contribution in [2.75, 3.05) is 6.54 Å². The van der Waals surface area contributed by atoms with Crippen LogP contribution >= 0.6 is 0 Å². The van der Waals surface area contributed by atoms with Crippen molar-refractivity contribution in [3.8, 4) is 0 Å². The van der Waals surface area contributed by atoms with Gasteiger partial charge in [0.05, 0.1) is 17.9 Å². The fourth-order valence-corrected chi connectivity index (χ4v) is 2.07. The maximum Gasteiger partial charge on any atom is 0.255 e. The van der Waals surface area contributed by atoms with Gasteiger partial charge in [0.25, 0.3) is 5.91 Å². The molecule has 2 unspecified atom stereocenters. The van der Waals surface area contributed by atoms with Crippen LogP contribution in [0.3, 0.4) is 0 Å². The molecule has 0 aliphatic rings. The molecule has 0 fully saturated rings. The lowest BCUT2D eigenvalue weighted by atomic mass is 10.1. The van der Waals surface area contributed by atoms with Crippen molar-refractivity contribution in [1.82, 2.24) is 10.6 Å². The topological polar surface area (TPSA) is 91.6 Å². The molecule has 0 saturated heterocycles. The van der Waals surface area contributed by atoms with Crippen LogP contribution in [-0.2, 0) is 4.79 Å². The van der Waals surface area contributed by atoms with Gasteiger partial charge in [-0.05, 0) is 25.0 Å². The molecule has 0 bridgehead atoms. The SMILES string of the molecule is CC(NC(=O)c1ccoc1)C(=O)NCCC(O)c1ccccc1. The van der Waals surface area contributed by atoms with E-state index in [4.69, 9.17) is 4.42 Å². The average molecular weight is 316 g/mol. The van der Waals surface area contributed by atoms with Crippen molar-refractivity contribution in [2.24, 2.45) is 0 Å². The molecule has 0 saturated carbocycles. The Morgan fingerprint density at radius 2 is 1.96 bits per heavy atom. The molecule has 0 radical (unpaired) electrons. The van der Waals surface area contributed by atoms with Crippen molar-refractivity contribution < 1.29 is 19.1 Å². The van der Waals surface area contributed by atoms with Gasteiger partial charge < -0.3 is 20.2 Å². The second-order valence-electron chi connectivity index (χ2n) is 5.21. The van der Waals surface area contributed by atoms with Crippen LogP contribution in [0.15, 0.2) is 53.3 Å². The molecule has 2 aromatic rings. The van der Waals surface area contributed by atoms with Crippen LogP contribution < -0.4 is 10.6 Å². The zero-order valence-corrected chi connectivity index (χ0v) is 12.9. The molecule has 6 nitrogen and oxygen atoms in total. The monoisotopic (exact) mass is 316 g/mol. The number of aliphatic hydroxyl groups excluding tert-OH is 1. The number of hydrogen-bond acceptors (Lipinski definition) is 4. The summed E-state index contributed by atoms with van der Waals surface area (Å²) in [5.41, 5.74) is 1.17. The molecule has 2 rings (SSSR count). The Morgan fingerprint density at radius 3 is 2.61 bits per heavy atom. The number of hydrogen-bond donors (Lipinski definition) is 3. The molecule has 1 aromatic heterocycles. The van der Waals surface area contributed by atoms with Crippen LogP contribution in [0.25, 0.3) is 0 Å². The van der Waals surface area contributed by atoms with Gasteiger partial charge in [0, 0.05) is 6.54 Å². The highest BCUT2D eigenvalue weighted by Crippen LogP contribution is 2.14. The number of furan rings is 1. The van der Waals surface area contributed by atoms with Gasteiger partial charge in [-0.1, -0.05) is 30.3 Å². The van der Waals surface area contributed by atoms with Crippen LogP contribution in [0, 0.1) is 0 Å². The Labute approximate surface area is 134 Å². The normalized spacial score (nSPS) is 13.1. The second-order valence-corrected chi connectivity index (χ2v) is 5.21. The minimum absolute atomic E-state index is 0.304. The lowest BCUT2D eigenvalue weighted by Crippen LogP contribution is -2.45. The van der Waals surface area contributed by atoms with Crippen molar-refractivity contribution in [2.45, 2.75) is 25.5 Å². The summed E-state index contributed by atoms with van der Waals surface area (Å²) in [5.74, 6) is -0.673. The van der Waals surface area contributed by atoms with Gasteiger partial charge in [0.2, 0.25) is 5.91 Å². The van der Waals surface area contributed by atoms with Gasteiger partial charge in [-0.2, -0.15) is 0 Å². The van der Waals surface area contributed by atoms with E-state index in [1.807, 2.05) is 30.3 Å². The number of nitrogens with one attached hydrogen (secondary N) is 2. The summed E-state index contributed by atoms with van der Waals surface area (Å²) in [5, 5.41) is 15.3. The van der Waals surface area contributed by atoms with Crippen LogP contribution in [0.2, 0.25) is 0 Å². The fourth-order valence-electron chi connectivity index (χ4n) is 2.07. The first-order valence-electron chi connectivity index (χ1n) is 7.41. The number of aliphatic hydroxyl groups is 1. The number of rotatable bonds is 7. The van der Waals surface area contributed by atoms with Crippen molar-refractivity contribution in [1.29, 1.82) is 0 Å². The first-order valence-corrected chi connectivity index (χ1v) is 7.41. The molecule has 1 heterocycles. The van der Waals surface area contributed by atoms with Crippen LogP contribution in [-0.4, -0.2) is 29.5 Å². The molecule has 0 spiro atoms. The summed E-state index contributed by atoms with van der Waals surface area (Å²) in [6.07, 6.45) is 2.48. The van der Waals surface area contributed by atoms with Crippen LogP contribution in [0.1, 0.15) is 35.4 Å². The largest absolute Gasteiger partial charge is 0.472 e. The van der Waals surface area contributed by atoms with Crippen molar-refractivity contribution >= 4 is 11.8 Å². The Bertz CT molecular complexity index is 625. The fraction of sp³-hybridized carbons (Fsp3) is 0.294. The highest BCUT2D eigenvalue weighted by molar-refractivity contribution is 5.97. The third-order valence-electron chi connectivity index (χ3n) is 3.43. The van der Waals surface area contributed by atoms with E-state index < -0.39 is 12.1 Å². The Balaban J connectivity index is 1.73. The van der Waals surface area contributed by atoms with E-state index in [1.165, 1.54) is 18.6 Å². The number of carbonyl (C=O) groups is 2. The molecule has 2 atom stereocenters. The predicted molar refractivity (Wildman–Crippen MR) is 84.7 cm³/mol. The summed E-state index contributed by atoms with van der Waals surface area (Å²) in [6, 6.07) is 10.1. The highest BCUT2D eigenvalue weighted by atomic mass is 16.3. The van der Waals surface area contributed by atoms with Crippen LogP contribution in [0.4, 0.5) is 0 Å². The molecule has 0 aliphatic carbocycles. The third kappa shape index (κ3) is 4.96. The minimum atomic E-state index is -0.675. The van der Waals surface area contributed by atoms with E-state index in [1.54, 1.807) is 6.92 Å². The van der Waals surface area contributed by atoms with Gasteiger partial charge in [-0.15, -0.1) is 0 Å². The molecule has 0 aliphatic heterocycles. The van der Waals surface area contributed by atoms with Gasteiger partial charge in [-0.3, -0.25) is 9.59 Å². The van der Waals surface area contributed by atoms with Crippen molar-refractivity contribution in [3.63, 3.8) is 0 Å². The Morgan fingerprint density at radius 1 is 1.22 bits per heavy atom. The number of carbonyl (C=O) groups excluding carboxylic acids is 2. The standard InChI is InChI=1S/C17H20N2O4/c1-12(19-17(22)14-8-10-23-11-14)16(21)18-9-7-15(20)13-5-3-2-4-6-13/h2-6,8,10-12,15,20H,7,9H2,1H3,(H,18,21)(H,19,22). The van der Waals surface area contributed by atoms with Crippen molar-refractivity contribution in [3.05, 3.63) is 60.1 Å². The van der Waals surface area contributed by atoms with Gasteiger partial charge in [-0.25, -0.2) is 0 Å². The maximum atomic E-state index is 11.9. The first kappa shape index (κ1) is 16.8. The van der Waals surface area contributed by atoms with E-state index >= 15 is 0 Å². The van der Waals surface area contributed by atoms with Gasteiger partial charge in [0.15, 0.2) is 0 Å². The summed E-state index contributed by atoms with van der Waals surface area (Å²) >= 11 is 0. The molecular weight excluding hydrogens is 296 g/mol.